The highest BCUT2D eigenvalue weighted by Crippen LogP contribution is 2.12. The van der Waals surface area contributed by atoms with Gasteiger partial charge in [0.1, 0.15) is 0 Å². The minimum Gasteiger partial charge on any atom is -0.381 e. The minimum atomic E-state index is -1.33. The summed E-state index contributed by atoms with van der Waals surface area (Å²) in [6, 6.07) is 8.10. The van der Waals surface area contributed by atoms with Gasteiger partial charge in [0.05, 0.1) is 6.04 Å². The summed E-state index contributed by atoms with van der Waals surface area (Å²) in [5.74, 6) is -0.809. The second-order valence-electron chi connectivity index (χ2n) is 2.78. The van der Waals surface area contributed by atoms with Crippen molar-refractivity contribution in [2.45, 2.75) is 12.1 Å². The Balaban J connectivity index is 2.79. The molecule has 0 heterocycles. The second kappa shape index (κ2) is 4.02. The lowest BCUT2D eigenvalue weighted by Crippen LogP contribution is -2.37. The lowest BCUT2D eigenvalue weighted by Gasteiger charge is -2.15. The first-order valence-corrected chi connectivity index (χ1v) is 3.91. The van der Waals surface area contributed by atoms with Gasteiger partial charge in [-0.25, -0.2) is 0 Å². The molecule has 0 aliphatic heterocycles. The van der Waals surface area contributed by atoms with Crippen molar-refractivity contribution in [3.05, 3.63) is 35.9 Å². The number of aliphatic hydroxyl groups excluding tert-OH is 1. The lowest BCUT2D eigenvalue weighted by molar-refractivity contribution is -0.127. The van der Waals surface area contributed by atoms with Crippen LogP contribution in [0.3, 0.4) is 0 Å². The first-order chi connectivity index (χ1) is 6.13. The molecule has 1 aromatic carbocycles. The Morgan fingerprint density at radius 1 is 1.31 bits per heavy atom. The zero-order valence-electron chi connectivity index (χ0n) is 7.05. The average molecular weight is 180 g/mol. The predicted molar refractivity (Wildman–Crippen MR) is 48.6 cm³/mol. The molecule has 0 aliphatic rings. The van der Waals surface area contributed by atoms with Gasteiger partial charge in [-0.2, -0.15) is 0 Å². The lowest BCUT2D eigenvalue weighted by atomic mass is 10.0. The number of aliphatic hydroxyl groups is 1. The molecule has 1 aromatic rings. The third-order valence-corrected chi connectivity index (χ3v) is 1.82. The van der Waals surface area contributed by atoms with Crippen LogP contribution in [0.5, 0.6) is 0 Å². The van der Waals surface area contributed by atoms with E-state index in [1.54, 1.807) is 24.3 Å². The van der Waals surface area contributed by atoms with E-state index < -0.39 is 18.1 Å². The van der Waals surface area contributed by atoms with E-state index in [1.807, 2.05) is 6.07 Å². The molecular formula is C9H12N2O2. The highest BCUT2D eigenvalue weighted by atomic mass is 16.3. The molecule has 4 nitrogen and oxygen atoms in total. The van der Waals surface area contributed by atoms with E-state index in [1.165, 1.54) is 0 Å². The molecule has 1 rings (SSSR count). The van der Waals surface area contributed by atoms with Crippen LogP contribution in [0.1, 0.15) is 11.6 Å². The van der Waals surface area contributed by atoms with Gasteiger partial charge in [-0.3, -0.25) is 4.79 Å². The van der Waals surface area contributed by atoms with Crippen LogP contribution in [-0.4, -0.2) is 17.1 Å². The summed E-state index contributed by atoms with van der Waals surface area (Å²) in [7, 11) is 0. The predicted octanol–water partition coefficient (Wildman–Crippen LogP) is -0.467. The maximum absolute atomic E-state index is 10.6. The van der Waals surface area contributed by atoms with E-state index in [4.69, 9.17) is 11.5 Å². The molecule has 0 saturated heterocycles. The highest BCUT2D eigenvalue weighted by Gasteiger charge is 2.21. The van der Waals surface area contributed by atoms with Crippen molar-refractivity contribution in [1.29, 1.82) is 0 Å². The maximum atomic E-state index is 10.6. The average Bonchev–Trinajstić information content (AvgIpc) is 2.17. The molecule has 0 saturated carbocycles. The molecule has 4 heteroatoms. The van der Waals surface area contributed by atoms with Crippen molar-refractivity contribution in [2.24, 2.45) is 11.5 Å². The van der Waals surface area contributed by atoms with Gasteiger partial charge < -0.3 is 16.6 Å². The van der Waals surface area contributed by atoms with Crippen molar-refractivity contribution >= 4 is 5.91 Å². The maximum Gasteiger partial charge on any atom is 0.248 e. The summed E-state index contributed by atoms with van der Waals surface area (Å²) in [6.07, 6.45) is -1.33. The van der Waals surface area contributed by atoms with Crippen molar-refractivity contribution in [1.82, 2.24) is 0 Å². The van der Waals surface area contributed by atoms with Crippen LogP contribution in [0, 0.1) is 0 Å². The third kappa shape index (κ3) is 2.27. The van der Waals surface area contributed by atoms with Crippen molar-refractivity contribution in [3.63, 3.8) is 0 Å². The fourth-order valence-corrected chi connectivity index (χ4v) is 1.03. The second-order valence-corrected chi connectivity index (χ2v) is 2.78. The van der Waals surface area contributed by atoms with Crippen LogP contribution < -0.4 is 11.5 Å². The van der Waals surface area contributed by atoms with Crippen LogP contribution >= 0.6 is 0 Å². The molecule has 0 aliphatic carbocycles. The van der Waals surface area contributed by atoms with Crippen LogP contribution in [-0.2, 0) is 4.79 Å². The Morgan fingerprint density at radius 2 is 1.85 bits per heavy atom. The molecule has 1 amide bonds. The molecule has 13 heavy (non-hydrogen) atoms. The zero-order valence-corrected chi connectivity index (χ0v) is 7.05. The molecule has 5 N–H and O–H groups in total. The number of hydrogen-bond donors (Lipinski definition) is 3. The van der Waals surface area contributed by atoms with E-state index in [9.17, 15) is 9.90 Å². The first-order valence-electron chi connectivity index (χ1n) is 3.91. The van der Waals surface area contributed by atoms with Crippen molar-refractivity contribution in [2.75, 3.05) is 0 Å². The van der Waals surface area contributed by atoms with E-state index >= 15 is 0 Å². The number of amides is 1. The summed E-state index contributed by atoms with van der Waals surface area (Å²) >= 11 is 0. The SMILES string of the molecule is NC(=O)C(O)[C@H](N)c1ccccc1. The molecule has 0 aromatic heterocycles. The normalized spacial score (nSPS) is 14.9. The summed E-state index contributed by atoms with van der Waals surface area (Å²) in [5.41, 5.74) is 11.2. The number of rotatable bonds is 3. The topological polar surface area (TPSA) is 89.3 Å². The number of primary amides is 1. The standard InChI is InChI=1S/C9H12N2O2/c10-7(8(12)9(11)13)6-4-2-1-3-5-6/h1-5,7-8,12H,10H2,(H2,11,13)/t7-,8?/m1/s1. The van der Waals surface area contributed by atoms with E-state index in [0.717, 1.165) is 0 Å². The molecule has 70 valence electrons. The molecular weight excluding hydrogens is 168 g/mol. The number of carbonyl (C=O) groups is 1. The summed E-state index contributed by atoms with van der Waals surface area (Å²) in [6.45, 7) is 0. The smallest absolute Gasteiger partial charge is 0.248 e. The molecule has 2 atom stereocenters. The van der Waals surface area contributed by atoms with Gasteiger partial charge in [0.2, 0.25) is 5.91 Å². The minimum absolute atomic E-state index is 0.689. The number of hydrogen-bond acceptors (Lipinski definition) is 3. The van der Waals surface area contributed by atoms with Gasteiger partial charge in [0.15, 0.2) is 6.10 Å². The molecule has 1 unspecified atom stereocenters. The monoisotopic (exact) mass is 180 g/mol. The number of carbonyl (C=O) groups excluding carboxylic acids is 1. The van der Waals surface area contributed by atoms with Gasteiger partial charge in [-0.05, 0) is 5.56 Å². The number of benzene rings is 1. The van der Waals surface area contributed by atoms with Gasteiger partial charge in [-0.1, -0.05) is 30.3 Å². The van der Waals surface area contributed by atoms with Gasteiger partial charge in [0.25, 0.3) is 0 Å². The molecule has 0 radical (unpaired) electrons. The molecule has 0 spiro atoms. The van der Waals surface area contributed by atoms with Crippen molar-refractivity contribution < 1.29 is 9.90 Å². The third-order valence-electron chi connectivity index (χ3n) is 1.82. The van der Waals surface area contributed by atoms with Gasteiger partial charge in [-0.15, -0.1) is 0 Å². The quantitative estimate of drug-likeness (QED) is 0.587. The Morgan fingerprint density at radius 3 is 2.31 bits per heavy atom. The Labute approximate surface area is 76.2 Å². The molecule has 0 bridgehead atoms. The van der Waals surface area contributed by atoms with Crippen molar-refractivity contribution in [3.8, 4) is 0 Å². The largest absolute Gasteiger partial charge is 0.381 e. The Bertz CT molecular complexity index is 287. The zero-order chi connectivity index (χ0) is 9.84. The van der Waals surface area contributed by atoms with Crippen LogP contribution in [0.15, 0.2) is 30.3 Å². The van der Waals surface area contributed by atoms with E-state index in [0.29, 0.717) is 5.56 Å². The summed E-state index contributed by atoms with van der Waals surface area (Å²) in [4.78, 5) is 10.6. The summed E-state index contributed by atoms with van der Waals surface area (Å²) in [5, 5.41) is 9.25. The van der Waals surface area contributed by atoms with Crippen LogP contribution in [0.4, 0.5) is 0 Å². The fraction of sp³-hybridized carbons (Fsp3) is 0.222. The van der Waals surface area contributed by atoms with E-state index in [-0.39, 0.29) is 0 Å². The number of nitrogens with two attached hydrogens (primary N) is 2. The van der Waals surface area contributed by atoms with Crippen LogP contribution in [0.25, 0.3) is 0 Å². The molecule has 0 fully saturated rings. The van der Waals surface area contributed by atoms with E-state index in [2.05, 4.69) is 0 Å². The Kier molecular flexibility index (Phi) is 3.00. The van der Waals surface area contributed by atoms with Gasteiger partial charge in [0, 0.05) is 0 Å². The first kappa shape index (κ1) is 9.70. The van der Waals surface area contributed by atoms with Gasteiger partial charge >= 0.3 is 0 Å². The summed E-state index contributed by atoms with van der Waals surface area (Å²) < 4.78 is 0. The Hall–Kier alpha value is -1.39. The van der Waals surface area contributed by atoms with Crippen LogP contribution in [0.2, 0.25) is 0 Å². The highest BCUT2D eigenvalue weighted by molar-refractivity contribution is 5.79. The fourth-order valence-electron chi connectivity index (χ4n) is 1.03.